The molecule has 0 radical (unpaired) electrons. The van der Waals surface area contributed by atoms with Gasteiger partial charge in [0.1, 0.15) is 0 Å². The van der Waals surface area contributed by atoms with Crippen LogP contribution in [-0.4, -0.2) is 44.1 Å². The zero-order chi connectivity index (χ0) is 21.4. The monoisotopic (exact) mass is 403 g/mol. The minimum absolute atomic E-state index is 0.0930. The smallest absolute Gasteiger partial charge is 0.319 e. The predicted molar refractivity (Wildman–Crippen MR) is 115 cm³/mol. The minimum atomic E-state index is -0.911. The Bertz CT molecular complexity index is 844. The van der Waals surface area contributed by atoms with Gasteiger partial charge in [-0.15, -0.1) is 0 Å². The van der Waals surface area contributed by atoms with Crippen molar-refractivity contribution in [2.24, 2.45) is 0 Å². The number of methoxy groups -OCH3 is 2. The maximum Gasteiger partial charge on any atom is 0.319 e. The summed E-state index contributed by atoms with van der Waals surface area (Å²) in [5.74, 6) is -0.878. The third-order valence-corrected chi connectivity index (χ3v) is 5.14. The van der Waals surface area contributed by atoms with Gasteiger partial charge in [-0.05, 0) is 16.7 Å². The molecule has 0 aliphatic carbocycles. The SMILES string of the molecule is COC(=O)CN(CC(=O)OC)C(c1ccccc1)(c1ccccc1)c1ccccc1. The maximum absolute atomic E-state index is 12.4. The first-order valence-electron chi connectivity index (χ1n) is 9.68. The molecule has 0 bridgehead atoms. The van der Waals surface area contributed by atoms with Crippen molar-refractivity contribution >= 4 is 11.9 Å². The Morgan fingerprint density at radius 3 is 1.20 bits per heavy atom. The van der Waals surface area contributed by atoms with E-state index >= 15 is 0 Å². The average Bonchev–Trinajstić information content (AvgIpc) is 2.81. The fourth-order valence-corrected chi connectivity index (χ4v) is 3.82. The average molecular weight is 403 g/mol. The second kappa shape index (κ2) is 9.85. The number of carbonyl (C=O) groups excluding carboxylic acids is 2. The highest BCUT2D eigenvalue weighted by Gasteiger charge is 2.44. The second-order valence-electron chi connectivity index (χ2n) is 6.82. The Kier molecular flexibility index (Phi) is 6.99. The number of hydrogen-bond donors (Lipinski definition) is 0. The first-order valence-corrected chi connectivity index (χ1v) is 9.68. The lowest BCUT2D eigenvalue weighted by Gasteiger charge is -2.44. The Hall–Kier alpha value is -3.44. The van der Waals surface area contributed by atoms with Crippen LogP contribution < -0.4 is 0 Å². The lowest BCUT2D eigenvalue weighted by Crippen LogP contribution is -2.52. The summed E-state index contributed by atoms with van der Waals surface area (Å²) < 4.78 is 9.93. The molecular weight excluding hydrogens is 378 g/mol. The molecule has 3 rings (SSSR count). The van der Waals surface area contributed by atoms with Crippen LogP contribution in [0.3, 0.4) is 0 Å². The van der Waals surface area contributed by atoms with Crippen LogP contribution in [0.4, 0.5) is 0 Å². The van der Waals surface area contributed by atoms with Crippen molar-refractivity contribution in [1.82, 2.24) is 4.90 Å². The molecule has 0 heterocycles. The van der Waals surface area contributed by atoms with Crippen molar-refractivity contribution in [2.75, 3.05) is 27.3 Å². The van der Waals surface area contributed by atoms with Crippen LogP contribution in [0.25, 0.3) is 0 Å². The summed E-state index contributed by atoms with van der Waals surface area (Å²) in [6.07, 6.45) is 0. The molecule has 5 nitrogen and oxygen atoms in total. The van der Waals surface area contributed by atoms with Gasteiger partial charge in [-0.25, -0.2) is 0 Å². The number of rotatable bonds is 8. The number of hydrogen-bond acceptors (Lipinski definition) is 5. The molecule has 5 heteroatoms. The highest BCUT2D eigenvalue weighted by atomic mass is 16.5. The summed E-state index contributed by atoms with van der Waals surface area (Å²) in [6.45, 7) is -0.186. The molecule has 0 aromatic heterocycles. The molecule has 154 valence electrons. The zero-order valence-electron chi connectivity index (χ0n) is 17.2. The predicted octanol–water partition coefficient (Wildman–Crippen LogP) is 3.63. The lowest BCUT2D eigenvalue weighted by molar-refractivity contribution is -0.147. The van der Waals surface area contributed by atoms with E-state index < -0.39 is 17.5 Å². The topological polar surface area (TPSA) is 55.8 Å². The number of nitrogens with zero attached hydrogens (tertiary/aromatic N) is 1. The van der Waals surface area contributed by atoms with Crippen molar-refractivity contribution < 1.29 is 19.1 Å². The fraction of sp³-hybridized carbons (Fsp3) is 0.200. The Balaban J connectivity index is 2.35. The van der Waals surface area contributed by atoms with E-state index in [-0.39, 0.29) is 13.1 Å². The third-order valence-electron chi connectivity index (χ3n) is 5.14. The molecule has 0 saturated carbocycles. The quantitative estimate of drug-likeness (QED) is 0.425. The molecule has 0 fully saturated rings. The van der Waals surface area contributed by atoms with E-state index in [1.807, 2.05) is 95.9 Å². The van der Waals surface area contributed by atoms with Crippen LogP contribution in [-0.2, 0) is 24.6 Å². The van der Waals surface area contributed by atoms with E-state index in [2.05, 4.69) is 0 Å². The van der Waals surface area contributed by atoms with E-state index in [0.29, 0.717) is 0 Å². The third kappa shape index (κ3) is 4.26. The first kappa shape index (κ1) is 21.3. The summed E-state index contributed by atoms with van der Waals surface area (Å²) >= 11 is 0. The van der Waals surface area contributed by atoms with Gasteiger partial charge in [0.25, 0.3) is 0 Å². The summed E-state index contributed by atoms with van der Waals surface area (Å²) in [6, 6.07) is 29.5. The van der Waals surface area contributed by atoms with Crippen LogP contribution >= 0.6 is 0 Å². The van der Waals surface area contributed by atoms with Gasteiger partial charge in [-0.2, -0.15) is 0 Å². The number of carbonyl (C=O) groups is 2. The van der Waals surface area contributed by atoms with Gasteiger partial charge in [-0.1, -0.05) is 91.0 Å². The molecule has 0 aliphatic heterocycles. The van der Waals surface area contributed by atoms with Crippen LogP contribution in [0.5, 0.6) is 0 Å². The highest BCUT2D eigenvalue weighted by molar-refractivity contribution is 5.76. The van der Waals surface area contributed by atoms with E-state index in [1.165, 1.54) is 14.2 Å². The van der Waals surface area contributed by atoms with Gasteiger partial charge >= 0.3 is 11.9 Å². The van der Waals surface area contributed by atoms with Crippen molar-refractivity contribution in [3.05, 3.63) is 108 Å². The Morgan fingerprint density at radius 1 is 0.633 bits per heavy atom. The minimum Gasteiger partial charge on any atom is -0.468 e. The standard InChI is InChI=1S/C25H25NO4/c1-29-23(27)18-26(19-24(28)30-2)25(20-12-6-3-7-13-20,21-14-8-4-9-15-21)22-16-10-5-11-17-22/h3-17H,18-19H2,1-2H3. The van der Waals surface area contributed by atoms with E-state index in [4.69, 9.17) is 9.47 Å². The number of esters is 2. The van der Waals surface area contributed by atoms with Crippen molar-refractivity contribution in [3.8, 4) is 0 Å². The maximum atomic E-state index is 12.4. The van der Waals surface area contributed by atoms with Gasteiger partial charge in [0.05, 0.1) is 32.8 Å². The van der Waals surface area contributed by atoms with Gasteiger partial charge in [-0.3, -0.25) is 14.5 Å². The van der Waals surface area contributed by atoms with Gasteiger partial charge in [0, 0.05) is 0 Å². The highest BCUT2D eigenvalue weighted by Crippen LogP contribution is 2.42. The molecule has 0 N–H and O–H groups in total. The molecule has 0 atom stereocenters. The normalized spacial score (nSPS) is 11.2. The summed E-state index contributed by atoms with van der Waals surface area (Å²) in [4.78, 5) is 26.6. The van der Waals surface area contributed by atoms with Gasteiger partial charge in [0.15, 0.2) is 0 Å². The van der Waals surface area contributed by atoms with Gasteiger partial charge < -0.3 is 9.47 Å². The van der Waals surface area contributed by atoms with Crippen LogP contribution in [0.1, 0.15) is 16.7 Å². The summed E-state index contributed by atoms with van der Waals surface area (Å²) in [5, 5.41) is 0. The molecule has 3 aromatic rings. The van der Waals surface area contributed by atoms with Crippen molar-refractivity contribution in [3.63, 3.8) is 0 Å². The van der Waals surface area contributed by atoms with Gasteiger partial charge in [0.2, 0.25) is 0 Å². The van der Waals surface area contributed by atoms with E-state index in [9.17, 15) is 9.59 Å². The Morgan fingerprint density at radius 2 is 0.933 bits per heavy atom. The lowest BCUT2D eigenvalue weighted by atomic mass is 9.75. The van der Waals surface area contributed by atoms with Crippen molar-refractivity contribution in [2.45, 2.75) is 5.54 Å². The molecule has 0 spiro atoms. The molecular formula is C25H25NO4. The molecule has 30 heavy (non-hydrogen) atoms. The summed E-state index contributed by atoms with van der Waals surface area (Å²) in [7, 11) is 2.68. The zero-order valence-corrected chi connectivity index (χ0v) is 17.2. The molecule has 0 unspecified atom stereocenters. The van der Waals surface area contributed by atoms with E-state index in [0.717, 1.165) is 16.7 Å². The first-order chi connectivity index (χ1) is 14.6. The van der Waals surface area contributed by atoms with Crippen LogP contribution in [0.2, 0.25) is 0 Å². The molecule has 0 amide bonds. The molecule has 0 aliphatic rings. The van der Waals surface area contributed by atoms with Crippen LogP contribution in [0.15, 0.2) is 91.0 Å². The largest absolute Gasteiger partial charge is 0.468 e. The molecule has 0 saturated heterocycles. The second-order valence-corrected chi connectivity index (χ2v) is 6.82. The summed E-state index contributed by atoms with van der Waals surface area (Å²) in [5.41, 5.74) is 1.87. The van der Waals surface area contributed by atoms with E-state index in [1.54, 1.807) is 0 Å². The number of benzene rings is 3. The number of ether oxygens (including phenoxy) is 2. The van der Waals surface area contributed by atoms with Crippen LogP contribution in [0, 0.1) is 0 Å². The molecule has 3 aromatic carbocycles. The fourth-order valence-electron chi connectivity index (χ4n) is 3.82. The van der Waals surface area contributed by atoms with Crippen molar-refractivity contribution in [1.29, 1.82) is 0 Å². The Labute approximate surface area is 176 Å².